The summed E-state index contributed by atoms with van der Waals surface area (Å²) in [6.45, 7) is 4.17. The lowest BCUT2D eigenvalue weighted by Crippen LogP contribution is -2.29. The number of hydrogen-bond acceptors (Lipinski definition) is 4. The Bertz CT molecular complexity index is 805. The number of hydrogen-bond donors (Lipinski definition) is 0. The molecule has 6 heteroatoms. The fraction of sp³-hybridized carbons (Fsp3) is 0.267. The predicted octanol–water partition coefficient (Wildman–Crippen LogP) is 3.79. The van der Waals surface area contributed by atoms with E-state index in [-0.39, 0.29) is 5.76 Å². The predicted molar refractivity (Wildman–Crippen MR) is 85.9 cm³/mol. The third kappa shape index (κ3) is 3.05. The molecule has 110 valence electrons. The molecule has 0 atom stereocenters. The Balaban J connectivity index is 1.85. The first-order valence-corrected chi connectivity index (χ1v) is 7.91. The molecule has 2 heterocycles. The van der Waals surface area contributed by atoms with Gasteiger partial charge in [-0.1, -0.05) is 30.7 Å². The van der Waals surface area contributed by atoms with Crippen LogP contribution in [0, 0.1) is 0 Å². The molecule has 0 bridgehead atoms. The van der Waals surface area contributed by atoms with Crippen molar-refractivity contribution < 1.29 is 4.42 Å². The van der Waals surface area contributed by atoms with Gasteiger partial charge in [0.2, 0.25) is 0 Å². The zero-order valence-electron chi connectivity index (χ0n) is 11.6. The number of nitrogens with zero attached hydrogens (tertiary/aromatic N) is 2. The second kappa shape index (κ2) is 6.05. The molecule has 0 fully saturated rings. The number of rotatable bonds is 5. The normalized spacial score (nSPS) is 11.6. The molecule has 0 aliphatic rings. The summed E-state index contributed by atoms with van der Waals surface area (Å²) in [5, 5.41) is 0. The summed E-state index contributed by atoms with van der Waals surface area (Å²) in [6.07, 6.45) is 0. The summed E-state index contributed by atoms with van der Waals surface area (Å²) in [5.74, 6) is -0.320. The topological polar surface area (TPSA) is 38.4 Å². The number of oxazole rings is 1. The average Bonchev–Trinajstić information content (AvgIpc) is 3.02. The van der Waals surface area contributed by atoms with Crippen LogP contribution in [0.5, 0.6) is 0 Å². The molecule has 0 aliphatic heterocycles. The third-order valence-corrected chi connectivity index (χ3v) is 4.59. The van der Waals surface area contributed by atoms with Gasteiger partial charge in [0.25, 0.3) is 0 Å². The van der Waals surface area contributed by atoms with Crippen LogP contribution in [0.3, 0.4) is 0 Å². The van der Waals surface area contributed by atoms with Crippen LogP contribution in [0.1, 0.15) is 11.8 Å². The van der Waals surface area contributed by atoms with Crippen molar-refractivity contribution in [2.75, 3.05) is 6.54 Å². The van der Waals surface area contributed by atoms with Gasteiger partial charge in [-0.05, 0) is 30.8 Å². The quantitative estimate of drug-likeness (QED) is 0.717. The van der Waals surface area contributed by atoms with Gasteiger partial charge in [0.05, 0.1) is 16.5 Å². The van der Waals surface area contributed by atoms with E-state index in [1.807, 2.05) is 36.4 Å². The lowest BCUT2D eigenvalue weighted by molar-refractivity contribution is 0.218. The number of thiophene rings is 1. The number of fused-ring (bicyclic) bond motifs is 1. The number of aromatic nitrogens is 1. The van der Waals surface area contributed by atoms with E-state index in [4.69, 9.17) is 16.0 Å². The van der Waals surface area contributed by atoms with Crippen molar-refractivity contribution in [2.24, 2.45) is 0 Å². The molecule has 2 aromatic heterocycles. The standard InChI is InChI=1S/C15H15ClN2O2S/c1-2-17(9-11-7-8-14(16)21-11)10-18-12-5-3-4-6-13(12)20-15(18)19/h3-8H,2,9-10H2,1H3. The molecule has 0 saturated heterocycles. The molecule has 0 unspecified atom stereocenters. The van der Waals surface area contributed by atoms with Gasteiger partial charge in [-0.2, -0.15) is 0 Å². The fourth-order valence-electron chi connectivity index (χ4n) is 2.27. The lowest BCUT2D eigenvalue weighted by atomic mass is 10.3. The molecular formula is C15H15ClN2O2S. The van der Waals surface area contributed by atoms with Gasteiger partial charge in [-0.15, -0.1) is 11.3 Å². The summed E-state index contributed by atoms with van der Waals surface area (Å²) in [7, 11) is 0. The largest absolute Gasteiger partial charge is 0.421 e. The average molecular weight is 323 g/mol. The lowest BCUT2D eigenvalue weighted by Gasteiger charge is -2.19. The highest BCUT2D eigenvalue weighted by Crippen LogP contribution is 2.23. The summed E-state index contributed by atoms with van der Waals surface area (Å²) in [4.78, 5) is 15.4. The smallest absolute Gasteiger partial charge is 0.408 e. The number of halogens is 1. The van der Waals surface area contributed by atoms with E-state index in [0.717, 1.165) is 22.9 Å². The molecule has 0 radical (unpaired) electrons. The first kappa shape index (κ1) is 14.4. The van der Waals surface area contributed by atoms with E-state index < -0.39 is 0 Å². The highest BCUT2D eigenvalue weighted by molar-refractivity contribution is 7.16. The Morgan fingerprint density at radius 3 is 2.81 bits per heavy atom. The van der Waals surface area contributed by atoms with Crippen molar-refractivity contribution >= 4 is 34.0 Å². The summed E-state index contributed by atoms with van der Waals surface area (Å²) in [5.41, 5.74) is 1.45. The summed E-state index contributed by atoms with van der Waals surface area (Å²) in [6, 6.07) is 11.4. The zero-order valence-corrected chi connectivity index (χ0v) is 13.2. The molecule has 4 nitrogen and oxygen atoms in total. The molecule has 1 aromatic carbocycles. The molecule has 0 amide bonds. The minimum atomic E-state index is -0.320. The second-order valence-corrected chi connectivity index (χ2v) is 6.56. The van der Waals surface area contributed by atoms with Crippen molar-refractivity contribution in [3.63, 3.8) is 0 Å². The zero-order chi connectivity index (χ0) is 14.8. The van der Waals surface area contributed by atoms with Crippen LogP contribution in [0.2, 0.25) is 4.34 Å². The molecule has 0 N–H and O–H groups in total. The Kier molecular flexibility index (Phi) is 4.14. The van der Waals surface area contributed by atoms with Crippen molar-refractivity contribution in [1.29, 1.82) is 0 Å². The van der Waals surface area contributed by atoms with Crippen LogP contribution in [0.15, 0.2) is 45.6 Å². The molecule has 0 saturated carbocycles. The van der Waals surface area contributed by atoms with Crippen LogP contribution in [0.4, 0.5) is 0 Å². The third-order valence-electron chi connectivity index (χ3n) is 3.37. The van der Waals surface area contributed by atoms with E-state index in [9.17, 15) is 4.79 Å². The van der Waals surface area contributed by atoms with E-state index >= 15 is 0 Å². The molecule has 0 aliphatic carbocycles. The van der Waals surface area contributed by atoms with E-state index in [1.54, 1.807) is 15.9 Å². The Hall–Kier alpha value is -1.56. The SMILES string of the molecule is CCN(Cc1ccc(Cl)s1)Cn1c(=O)oc2ccccc21. The maximum absolute atomic E-state index is 12.0. The molecular weight excluding hydrogens is 308 g/mol. The minimum Gasteiger partial charge on any atom is -0.408 e. The Labute approximate surface area is 131 Å². The fourth-order valence-corrected chi connectivity index (χ4v) is 3.40. The van der Waals surface area contributed by atoms with Crippen molar-refractivity contribution in [3.8, 4) is 0 Å². The van der Waals surface area contributed by atoms with Crippen molar-refractivity contribution in [1.82, 2.24) is 9.47 Å². The second-order valence-electron chi connectivity index (χ2n) is 4.76. The van der Waals surface area contributed by atoms with Crippen molar-refractivity contribution in [2.45, 2.75) is 20.1 Å². The van der Waals surface area contributed by atoms with Gasteiger partial charge in [-0.25, -0.2) is 4.79 Å². The van der Waals surface area contributed by atoms with Crippen LogP contribution >= 0.6 is 22.9 Å². The van der Waals surface area contributed by atoms with Crippen molar-refractivity contribution in [3.05, 3.63) is 56.2 Å². The van der Waals surface area contributed by atoms with E-state index in [0.29, 0.717) is 12.3 Å². The molecule has 21 heavy (non-hydrogen) atoms. The van der Waals surface area contributed by atoms with Gasteiger partial charge >= 0.3 is 5.76 Å². The van der Waals surface area contributed by atoms with E-state index in [1.165, 1.54) is 4.88 Å². The maximum Gasteiger partial charge on any atom is 0.421 e. The summed E-state index contributed by atoms with van der Waals surface area (Å²) >= 11 is 7.53. The van der Waals surface area contributed by atoms with Gasteiger partial charge in [0, 0.05) is 11.4 Å². The first-order chi connectivity index (χ1) is 10.2. The van der Waals surface area contributed by atoms with Crippen LogP contribution in [-0.2, 0) is 13.2 Å². The number of benzene rings is 1. The highest BCUT2D eigenvalue weighted by atomic mass is 35.5. The van der Waals surface area contributed by atoms with Gasteiger partial charge in [0.15, 0.2) is 5.58 Å². The monoisotopic (exact) mass is 322 g/mol. The molecule has 0 spiro atoms. The van der Waals surface area contributed by atoms with E-state index in [2.05, 4.69) is 11.8 Å². The van der Waals surface area contributed by atoms with Gasteiger partial charge < -0.3 is 4.42 Å². The van der Waals surface area contributed by atoms with Crippen LogP contribution < -0.4 is 5.76 Å². The van der Waals surface area contributed by atoms with Crippen LogP contribution in [0.25, 0.3) is 11.1 Å². The Morgan fingerprint density at radius 2 is 2.10 bits per heavy atom. The molecule has 3 rings (SSSR count). The number of para-hydroxylation sites is 2. The highest BCUT2D eigenvalue weighted by Gasteiger charge is 2.12. The molecule has 3 aromatic rings. The van der Waals surface area contributed by atoms with Gasteiger partial charge in [0.1, 0.15) is 0 Å². The van der Waals surface area contributed by atoms with Gasteiger partial charge in [-0.3, -0.25) is 9.47 Å². The van der Waals surface area contributed by atoms with Crippen LogP contribution in [-0.4, -0.2) is 16.0 Å². The Morgan fingerprint density at radius 1 is 1.29 bits per heavy atom. The first-order valence-electron chi connectivity index (χ1n) is 6.72. The minimum absolute atomic E-state index is 0.320. The maximum atomic E-state index is 12.0. The summed E-state index contributed by atoms with van der Waals surface area (Å²) < 4.78 is 7.71.